The summed E-state index contributed by atoms with van der Waals surface area (Å²) in [5, 5.41) is 11.5. The van der Waals surface area contributed by atoms with Crippen LogP contribution in [0.1, 0.15) is 0 Å². The Morgan fingerprint density at radius 3 is 2.53 bits per heavy atom. The minimum atomic E-state index is -0.421. The number of rotatable bonds is 1. The van der Waals surface area contributed by atoms with E-state index in [0.717, 1.165) is 0 Å². The molecule has 0 aliphatic carbocycles. The molecule has 0 aliphatic rings. The molecule has 0 fully saturated rings. The smallest absolute Gasteiger partial charge is 0.286 e. The third-order valence-electron chi connectivity index (χ3n) is 2.18. The molecule has 1 heterocycles. The normalized spacial score (nSPS) is 10.6. The lowest BCUT2D eigenvalue weighted by atomic mass is 10.1. The van der Waals surface area contributed by atoms with Gasteiger partial charge in [-0.2, -0.15) is 4.73 Å². The van der Waals surface area contributed by atoms with E-state index in [2.05, 4.69) is 15.9 Å². The van der Waals surface area contributed by atoms with E-state index in [-0.39, 0.29) is 10.2 Å². The maximum absolute atomic E-state index is 12.9. The van der Waals surface area contributed by atoms with Crippen LogP contribution in [0.15, 0.2) is 34.9 Å². The van der Waals surface area contributed by atoms with Crippen LogP contribution in [0.4, 0.5) is 4.39 Å². The topological polar surface area (TPSA) is 26.9 Å². The third kappa shape index (κ3) is 2.54. The van der Waals surface area contributed by atoms with Gasteiger partial charge in [-0.3, -0.25) is 0 Å². The van der Waals surface area contributed by atoms with Crippen molar-refractivity contribution in [3.63, 3.8) is 0 Å². The average molecular weight is 337 g/mol. The second-order valence-corrected chi connectivity index (χ2v) is 4.96. The average Bonchev–Trinajstić information content (AvgIpc) is 2.24. The first kappa shape index (κ1) is 12.6. The molecule has 2 nitrogen and oxygen atoms in total. The summed E-state index contributed by atoms with van der Waals surface area (Å²) in [6, 6.07) is 5.50. The first-order chi connectivity index (χ1) is 7.99. The van der Waals surface area contributed by atoms with E-state index in [1.54, 1.807) is 0 Å². The van der Waals surface area contributed by atoms with Gasteiger partial charge in [0.2, 0.25) is 0 Å². The first-order valence-corrected chi connectivity index (χ1v) is 6.07. The molecule has 0 saturated carbocycles. The highest BCUT2D eigenvalue weighted by atomic mass is 79.9. The van der Waals surface area contributed by atoms with Gasteiger partial charge in [0.25, 0.3) is 5.15 Å². The fraction of sp³-hybridized carbons (Fsp3) is 0. The molecule has 2 rings (SSSR count). The molecule has 0 spiro atoms. The zero-order chi connectivity index (χ0) is 12.6. The van der Waals surface area contributed by atoms with Crippen molar-refractivity contribution in [2.24, 2.45) is 0 Å². The summed E-state index contributed by atoms with van der Waals surface area (Å²) in [6.45, 7) is 0. The molecule has 0 radical (unpaired) electrons. The van der Waals surface area contributed by atoms with Gasteiger partial charge in [0.05, 0.1) is 9.50 Å². The Kier molecular flexibility index (Phi) is 3.56. The van der Waals surface area contributed by atoms with Crippen molar-refractivity contribution in [3.8, 4) is 11.1 Å². The number of nitrogens with zero attached hydrogens (tertiary/aromatic N) is 1. The number of aromatic nitrogens is 1. The van der Waals surface area contributed by atoms with Crippen molar-refractivity contribution >= 4 is 39.1 Å². The largest absolute Gasteiger partial charge is 0.618 e. The van der Waals surface area contributed by atoms with Crippen LogP contribution in [0, 0.1) is 11.0 Å². The van der Waals surface area contributed by atoms with Crippen LogP contribution in [-0.2, 0) is 0 Å². The summed E-state index contributed by atoms with van der Waals surface area (Å²) in [5.74, 6) is -0.421. The van der Waals surface area contributed by atoms with Gasteiger partial charge in [-0.1, -0.05) is 11.6 Å². The van der Waals surface area contributed by atoms with Crippen LogP contribution in [-0.4, -0.2) is 0 Å². The summed E-state index contributed by atoms with van der Waals surface area (Å²) in [5.41, 5.74) is 1.23. The number of hydrogen-bond donors (Lipinski definition) is 0. The molecule has 0 unspecified atom stereocenters. The van der Waals surface area contributed by atoms with Gasteiger partial charge >= 0.3 is 0 Å². The molecular formula is C11H5BrCl2FNO. The van der Waals surface area contributed by atoms with Crippen LogP contribution >= 0.6 is 39.1 Å². The van der Waals surface area contributed by atoms with Crippen molar-refractivity contribution < 1.29 is 9.12 Å². The van der Waals surface area contributed by atoms with E-state index in [1.807, 2.05) is 0 Å². The van der Waals surface area contributed by atoms with E-state index in [1.165, 1.54) is 30.5 Å². The minimum Gasteiger partial charge on any atom is -0.618 e. The molecule has 0 aliphatic heterocycles. The molecule has 0 atom stereocenters. The second kappa shape index (κ2) is 4.80. The van der Waals surface area contributed by atoms with Gasteiger partial charge in [0, 0.05) is 17.2 Å². The molecule has 0 bridgehead atoms. The Morgan fingerprint density at radius 1 is 1.18 bits per heavy atom. The summed E-state index contributed by atoms with van der Waals surface area (Å²) in [7, 11) is 0. The lowest BCUT2D eigenvalue weighted by molar-refractivity contribution is -0.603. The maximum atomic E-state index is 12.9. The fourth-order valence-corrected chi connectivity index (χ4v) is 2.34. The summed E-state index contributed by atoms with van der Waals surface area (Å²) in [6.07, 6.45) is 1.28. The van der Waals surface area contributed by atoms with E-state index in [9.17, 15) is 9.60 Å². The molecule has 0 saturated heterocycles. The first-order valence-electron chi connectivity index (χ1n) is 4.52. The molecule has 2 aromatic rings. The fourth-order valence-electron chi connectivity index (χ4n) is 1.40. The summed E-state index contributed by atoms with van der Waals surface area (Å²) < 4.78 is 14.0. The van der Waals surface area contributed by atoms with Crippen LogP contribution in [0.3, 0.4) is 0 Å². The third-order valence-corrected chi connectivity index (χ3v) is 3.40. The van der Waals surface area contributed by atoms with E-state index < -0.39 is 5.82 Å². The zero-order valence-corrected chi connectivity index (χ0v) is 11.4. The van der Waals surface area contributed by atoms with Crippen LogP contribution in [0.25, 0.3) is 11.1 Å². The Labute approximate surface area is 115 Å². The van der Waals surface area contributed by atoms with Crippen molar-refractivity contribution in [2.75, 3.05) is 0 Å². The number of pyridine rings is 1. The molecular weight excluding hydrogens is 332 g/mol. The number of halogens is 4. The summed E-state index contributed by atoms with van der Waals surface area (Å²) >= 11 is 14.9. The lowest BCUT2D eigenvalue weighted by Gasteiger charge is -2.08. The van der Waals surface area contributed by atoms with Gasteiger partial charge < -0.3 is 5.21 Å². The molecule has 6 heteroatoms. The monoisotopic (exact) mass is 335 g/mol. The molecule has 0 N–H and O–H groups in total. The standard InChI is InChI=1S/C11H5BrCl2FNO/c12-9-5-16(17)11(14)4-8(9)7-2-1-6(15)3-10(7)13/h1-5H. The molecule has 0 amide bonds. The van der Waals surface area contributed by atoms with Crippen LogP contribution in [0.2, 0.25) is 10.2 Å². The maximum Gasteiger partial charge on any atom is 0.286 e. The molecule has 88 valence electrons. The van der Waals surface area contributed by atoms with Gasteiger partial charge in [-0.05, 0) is 45.7 Å². The predicted molar refractivity (Wildman–Crippen MR) is 68.5 cm³/mol. The lowest BCUT2D eigenvalue weighted by Crippen LogP contribution is -2.26. The SMILES string of the molecule is [O-][n+]1cc(Br)c(-c2ccc(F)cc2Cl)cc1Cl. The van der Waals surface area contributed by atoms with Gasteiger partial charge in [-0.25, -0.2) is 4.39 Å². The molecule has 17 heavy (non-hydrogen) atoms. The van der Waals surface area contributed by atoms with Crippen molar-refractivity contribution in [1.82, 2.24) is 0 Å². The highest BCUT2D eigenvalue weighted by Crippen LogP contribution is 2.34. The number of benzene rings is 1. The van der Waals surface area contributed by atoms with E-state index in [4.69, 9.17) is 23.2 Å². The summed E-state index contributed by atoms with van der Waals surface area (Å²) in [4.78, 5) is 0. The highest BCUT2D eigenvalue weighted by molar-refractivity contribution is 9.10. The van der Waals surface area contributed by atoms with Gasteiger partial charge in [0.15, 0.2) is 6.20 Å². The minimum absolute atomic E-state index is 0.0172. The Balaban J connectivity index is 2.64. The second-order valence-electron chi connectivity index (χ2n) is 3.31. The van der Waals surface area contributed by atoms with Crippen molar-refractivity contribution in [1.29, 1.82) is 0 Å². The van der Waals surface area contributed by atoms with Crippen LogP contribution < -0.4 is 4.73 Å². The number of hydrogen-bond acceptors (Lipinski definition) is 1. The highest BCUT2D eigenvalue weighted by Gasteiger charge is 2.14. The molecule has 1 aromatic heterocycles. The van der Waals surface area contributed by atoms with Crippen molar-refractivity contribution in [3.05, 3.63) is 56.1 Å². The zero-order valence-electron chi connectivity index (χ0n) is 8.25. The van der Waals surface area contributed by atoms with E-state index >= 15 is 0 Å². The van der Waals surface area contributed by atoms with Crippen LogP contribution in [0.5, 0.6) is 0 Å². The van der Waals surface area contributed by atoms with Gasteiger partial charge in [-0.15, -0.1) is 0 Å². The quantitative estimate of drug-likeness (QED) is 0.435. The molecule has 1 aromatic carbocycles. The predicted octanol–water partition coefficient (Wildman–Crippen LogP) is 4.20. The van der Waals surface area contributed by atoms with E-state index in [0.29, 0.717) is 20.3 Å². The Bertz CT molecular complexity index is 592. The van der Waals surface area contributed by atoms with Gasteiger partial charge in [0.1, 0.15) is 5.82 Å². The van der Waals surface area contributed by atoms with Crippen molar-refractivity contribution in [2.45, 2.75) is 0 Å². The Hall–Kier alpha value is -0.840. The Morgan fingerprint density at radius 2 is 1.88 bits per heavy atom.